The largest absolute Gasteiger partial charge is 0.309 e. The van der Waals surface area contributed by atoms with Gasteiger partial charge in [-0.3, -0.25) is 4.79 Å². The number of rotatable bonds is 3. The van der Waals surface area contributed by atoms with Crippen LogP contribution in [-0.2, 0) is 0 Å². The van der Waals surface area contributed by atoms with E-state index in [2.05, 4.69) is 28.8 Å². The molecule has 0 fully saturated rings. The first-order valence-electron chi connectivity index (χ1n) is 8.24. The van der Waals surface area contributed by atoms with Gasteiger partial charge < -0.3 is 4.98 Å². The van der Waals surface area contributed by atoms with E-state index in [-0.39, 0.29) is 10.8 Å². The van der Waals surface area contributed by atoms with Gasteiger partial charge in [0.1, 0.15) is 26.8 Å². The number of fused-ring (bicyclic) bond motifs is 2. The topological polar surface area (TPSA) is 71.5 Å². The summed E-state index contributed by atoms with van der Waals surface area (Å²) < 4.78 is 0. The Morgan fingerprint density at radius 2 is 1.65 bits per heavy atom. The quantitative estimate of drug-likeness (QED) is 0.382. The molecule has 0 radical (unpaired) electrons. The van der Waals surface area contributed by atoms with Crippen molar-refractivity contribution in [2.24, 2.45) is 0 Å². The van der Waals surface area contributed by atoms with Crippen LogP contribution in [-0.4, -0.2) is 19.9 Å². The molecule has 134 valence electrons. The second kappa shape index (κ2) is 6.44. The SMILES string of the molecule is Cc1sc2ncnc(S[C@H](C)c3nc4sc(C)c(C)c4c(=O)[nH]3)c2c1C. The predicted molar refractivity (Wildman–Crippen MR) is 111 cm³/mol. The molecule has 0 unspecified atom stereocenters. The normalized spacial score (nSPS) is 13.0. The number of hydrogen-bond acceptors (Lipinski definition) is 7. The summed E-state index contributed by atoms with van der Waals surface area (Å²) >= 11 is 4.87. The summed E-state index contributed by atoms with van der Waals surface area (Å²) in [5.74, 6) is 0.685. The zero-order chi connectivity index (χ0) is 18.6. The Balaban J connectivity index is 1.77. The Bertz CT molecular complexity index is 1200. The van der Waals surface area contributed by atoms with Gasteiger partial charge in [0.2, 0.25) is 0 Å². The number of aromatic nitrogens is 4. The minimum atomic E-state index is -0.0605. The van der Waals surface area contributed by atoms with E-state index in [1.165, 1.54) is 10.4 Å². The highest BCUT2D eigenvalue weighted by atomic mass is 32.2. The molecule has 0 aliphatic heterocycles. The van der Waals surface area contributed by atoms with Gasteiger partial charge in [-0.25, -0.2) is 15.0 Å². The molecule has 0 spiro atoms. The lowest BCUT2D eigenvalue weighted by Crippen LogP contribution is -2.12. The van der Waals surface area contributed by atoms with Crippen LogP contribution in [0.5, 0.6) is 0 Å². The van der Waals surface area contributed by atoms with Gasteiger partial charge in [-0.15, -0.1) is 22.7 Å². The average molecular weight is 403 g/mol. The van der Waals surface area contributed by atoms with E-state index >= 15 is 0 Å². The summed E-state index contributed by atoms with van der Waals surface area (Å²) in [5.41, 5.74) is 2.18. The van der Waals surface area contributed by atoms with Crippen molar-refractivity contribution in [3.05, 3.63) is 43.4 Å². The highest BCUT2D eigenvalue weighted by Crippen LogP contribution is 2.40. The summed E-state index contributed by atoms with van der Waals surface area (Å²) in [6.07, 6.45) is 1.61. The van der Waals surface area contributed by atoms with Crippen LogP contribution in [0.15, 0.2) is 16.1 Å². The minimum Gasteiger partial charge on any atom is -0.309 e. The Morgan fingerprint density at radius 3 is 2.38 bits per heavy atom. The zero-order valence-electron chi connectivity index (χ0n) is 15.1. The van der Waals surface area contributed by atoms with Gasteiger partial charge in [0.05, 0.1) is 10.6 Å². The molecule has 1 N–H and O–H groups in total. The fourth-order valence-corrected chi connectivity index (χ4v) is 6.06. The van der Waals surface area contributed by atoms with E-state index in [9.17, 15) is 4.79 Å². The molecule has 0 amide bonds. The Hall–Kier alpha value is -1.77. The minimum absolute atomic E-state index is 0.0208. The number of nitrogens with one attached hydrogen (secondary N) is 1. The summed E-state index contributed by atoms with van der Waals surface area (Å²) in [7, 11) is 0. The molecule has 0 aliphatic rings. The number of nitrogens with zero attached hydrogens (tertiary/aromatic N) is 3. The van der Waals surface area contributed by atoms with Crippen molar-refractivity contribution in [3.8, 4) is 0 Å². The lowest BCUT2D eigenvalue weighted by Gasteiger charge is -2.11. The summed E-state index contributed by atoms with van der Waals surface area (Å²) in [4.78, 5) is 33.3. The molecule has 4 heterocycles. The summed E-state index contributed by atoms with van der Waals surface area (Å²) in [6, 6.07) is 0. The second-order valence-corrected chi connectivity index (χ2v) is 10.1. The maximum atomic E-state index is 12.5. The second-order valence-electron chi connectivity index (χ2n) is 6.32. The predicted octanol–water partition coefficient (Wildman–Crippen LogP) is 5.08. The van der Waals surface area contributed by atoms with Crippen molar-refractivity contribution in [1.82, 2.24) is 19.9 Å². The van der Waals surface area contributed by atoms with E-state index < -0.39 is 0 Å². The summed E-state index contributed by atoms with van der Waals surface area (Å²) in [5, 5.41) is 2.73. The third-order valence-corrected chi connectivity index (χ3v) is 7.99. The fourth-order valence-electron chi connectivity index (χ4n) is 2.93. The van der Waals surface area contributed by atoms with E-state index in [1.54, 1.807) is 40.8 Å². The smallest absolute Gasteiger partial charge is 0.259 e. The third-order valence-electron chi connectivity index (χ3n) is 4.66. The standard InChI is InChI=1S/C18H18N4OS3/c1-7-9(3)25-18-12(7)15(23)21-14(22-18)11(5)26-17-13-8(2)10(4)24-16(13)19-6-20-17/h6,11H,1-5H3,(H,21,22,23)/t11-/m1/s1. The molecule has 0 saturated heterocycles. The summed E-state index contributed by atoms with van der Waals surface area (Å²) in [6.45, 7) is 10.3. The molecule has 5 nitrogen and oxygen atoms in total. The van der Waals surface area contributed by atoms with E-state index in [0.717, 1.165) is 30.5 Å². The molecule has 26 heavy (non-hydrogen) atoms. The number of thiophene rings is 2. The lowest BCUT2D eigenvalue weighted by atomic mass is 10.2. The maximum Gasteiger partial charge on any atom is 0.259 e. The molecular formula is C18H18N4OS3. The number of hydrogen-bond donors (Lipinski definition) is 1. The molecule has 1 atom stereocenters. The monoisotopic (exact) mass is 402 g/mol. The Morgan fingerprint density at radius 1 is 1.00 bits per heavy atom. The highest BCUT2D eigenvalue weighted by molar-refractivity contribution is 7.99. The molecule has 4 rings (SSSR count). The van der Waals surface area contributed by atoms with Crippen LogP contribution in [0.4, 0.5) is 0 Å². The zero-order valence-corrected chi connectivity index (χ0v) is 17.6. The van der Waals surface area contributed by atoms with Gasteiger partial charge in [0.15, 0.2) is 0 Å². The van der Waals surface area contributed by atoms with Crippen LogP contribution in [0.25, 0.3) is 20.4 Å². The van der Waals surface area contributed by atoms with Crippen molar-refractivity contribution < 1.29 is 0 Å². The van der Waals surface area contributed by atoms with Crippen molar-refractivity contribution in [2.45, 2.75) is 44.9 Å². The van der Waals surface area contributed by atoms with Crippen molar-refractivity contribution in [1.29, 1.82) is 0 Å². The molecule has 4 aromatic heterocycles. The number of H-pyrrole nitrogens is 1. The molecule has 0 bridgehead atoms. The van der Waals surface area contributed by atoms with Gasteiger partial charge in [0, 0.05) is 15.1 Å². The van der Waals surface area contributed by atoms with Gasteiger partial charge in [-0.2, -0.15) is 0 Å². The first-order valence-corrected chi connectivity index (χ1v) is 10.7. The van der Waals surface area contributed by atoms with Gasteiger partial charge in [-0.1, -0.05) is 11.8 Å². The Labute approximate surface area is 162 Å². The highest BCUT2D eigenvalue weighted by Gasteiger charge is 2.19. The van der Waals surface area contributed by atoms with Crippen LogP contribution in [0.2, 0.25) is 0 Å². The molecule has 4 aromatic rings. The molecule has 0 saturated carbocycles. The van der Waals surface area contributed by atoms with E-state index in [1.807, 2.05) is 20.8 Å². The van der Waals surface area contributed by atoms with Gasteiger partial charge >= 0.3 is 0 Å². The molecule has 8 heteroatoms. The number of aryl methyl sites for hydroxylation is 4. The number of thioether (sulfide) groups is 1. The third kappa shape index (κ3) is 2.76. The average Bonchev–Trinajstić information content (AvgIpc) is 3.05. The fraction of sp³-hybridized carbons (Fsp3) is 0.333. The van der Waals surface area contributed by atoms with Gasteiger partial charge in [0.25, 0.3) is 5.56 Å². The number of aromatic amines is 1. The van der Waals surface area contributed by atoms with Crippen LogP contribution in [0, 0.1) is 27.7 Å². The molecule has 0 aliphatic carbocycles. The van der Waals surface area contributed by atoms with E-state index in [0.29, 0.717) is 11.2 Å². The first-order chi connectivity index (χ1) is 12.4. The van der Waals surface area contributed by atoms with Crippen LogP contribution < -0.4 is 5.56 Å². The van der Waals surface area contributed by atoms with Crippen molar-refractivity contribution in [3.63, 3.8) is 0 Å². The van der Waals surface area contributed by atoms with Crippen LogP contribution in [0.1, 0.15) is 38.9 Å². The van der Waals surface area contributed by atoms with Crippen molar-refractivity contribution >= 4 is 54.9 Å². The molecular weight excluding hydrogens is 384 g/mol. The lowest BCUT2D eigenvalue weighted by molar-refractivity contribution is 0.921. The Kier molecular flexibility index (Phi) is 4.37. The van der Waals surface area contributed by atoms with E-state index in [4.69, 9.17) is 4.98 Å². The van der Waals surface area contributed by atoms with Crippen LogP contribution >= 0.6 is 34.4 Å². The first kappa shape index (κ1) is 17.6. The maximum absolute atomic E-state index is 12.5. The van der Waals surface area contributed by atoms with Gasteiger partial charge in [-0.05, 0) is 45.7 Å². The molecule has 0 aromatic carbocycles. The van der Waals surface area contributed by atoms with Crippen LogP contribution in [0.3, 0.4) is 0 Å². The van der Waals surface area contributed by atoms with Crippen molar-refractivity contribution in [2.75, 3.05) is 0 Å².